The normalized spacial score (nSPS) is 15.4. The maximum Gasteiger partial charge on any atom is 0.344 e. The van der Waals surface area contributed by atoms with Crippen LogP contribution in [0.15, 0.2) is 63.7 Å². The molecular formula is C27H28ClNO6S. The van der Waals surface area contributed by atoms with Crippen LogP contribution >= 0.6 is 23.4 Å². The maximum absolute atomic E-state index is 12.5. The van der Waals surface area contributed by atoms with Crippen molar-refractivity contribution < 1.29 is 28.9 Å². The lowest BCUT2D eigenvalue weighted by Gasteiger charge is -2.13. The minimum Gasteiger partial charge on any atom is -0.506 e. The van der Waals surface area contributed by atoms with Gasteiger partial charge in [0, 0.05) is 11.4 Å². The van der Waals surface area contributed by atoms with Gasteiger partial charge in [-0.05, 0) is 61.7 Å². The van der Waals surface area contributed by atoms with E-state index >= 15 is 0 Å². The topological polar surface area (TPSA) is 94.4 Å². The number of carbonyl (C=O) groups is 2. The van der Waals surface area contributed by atoms with Gasteiger partial charge in [0.2, 0.25) is 5.91 Å². The second kappa shape index (κ2) is 13.2. The molecule has 0 atom stereocenters. The third-order valence-electron chi connectivity index (χ3n) is 4.91. The Kier molecular flexibility index (Phi) is 10.0. The molecule has 9 heteroatoms. The number of hydrogen-bond donors (Lipinski definition) is 1. The van der Waals surface area contributed by atoms with Gasteiger partial charge in [0.1, 0.15) is 23.0 Å². The van der Waals surface area contributed by atoms with E-state index in [1.807, 2.05) is 32.0 Å². The standard InChI is InChI=1S/C27H28ClNO6S/c1-4-8-23(30)29-26-24(27(32)34-6-3)25(31)22(36-26)15-17-11-12-20(21(14-17)33-5-2)35-16-18-9-7-10-19(28)13-18/h7,9-15,31H,4-6,8,16H2,1-3H3/b22-15-,29-26?. The van der Waals surface area contributed by atoms with Crippen LogP contribution in [0.4, 0.5) is 0 Å². The number of rotatable bonds is 10. The number of thioether (sulfide) groups is 1. The third kappa shape index (κ3) is 7.15. The molecule has 0 radical (unpaired) electrons. The number of ether oxygens (including phenoxy) is 3. The number of nitrogens with zero attached hydrogens (tertiary/aromatic N) is 1. The molecule has 0 saturated carbocycles. The molecule has 36 heavy (non-hydrogen) atoms. The van der Waals surface area contributed by atoms with E-state index in [0.29, 0.717) is 46.6 Å². The van der Waals surface area contributed by atoms with Gasteiger partial charge >= 0.3 is 5.97 Å². The molecule has 2 aromatic carbocycles. The Morgan fingerprint density at radius 2 is 1.86 bits per heavy atom. The number of esters is 1. The number of aliphatic hydroxyl groups excluding tert-OH is 1. The monoisotopic (exact) mass is 529 g/mol. The van der Waals surface area contributed by atoms with Crippen molar-refractivity contribution in [3.05, 3.63) is 74.9 Å². The molecular weight excluding hydrogens is 502 g/mol. The zero-order valence-electron chi connectivity index (χ0n) is 20.4. The van der Waals surface area contributed by atoms with Crippen LogP contribution in [0.1, 0.15) is 44.7 Å². The Labute approximate surface area is 219 Å². The second-order valence-electron chi connectivity index (χ2n) is 7.67. The van der Waals surface area contributed by atoms with E-state index < -0.39 is 5.97 Å². The van der Waals surface area contributed by atoms with Gasteiger partial charge in [-0.15, -0.1) is 0 Å². The molecule has 0 spiro atoms. The van der Waals surface area contributed by atoms with Gasteiger partial charge in [-0.3, -0.25) is 4.79 Å². The smallest absolute Gasteiger partial charge is 0.344 e. The molecule has 3 rings (SSSR count). The number of amides is 1. The van der Waals surface area contributed by atoms with Gasteiger partial charge < -0.3 is 19.3 Å². The third-order valence-corrected chi connectivity index (χ3v) is 6.16. The fourth-order valence-electron chi connectivity index (χ4n) is 3.32. The number of carbonyl (C=O) groups excluding carboxylic acids is 2. The molecule has 7 nitrogen and oxygen atoms in total. The molecule has 1 heterocycles. The molecule has 1 N–H and O–H groups in total. The highest BCUT2D eigenvalue weighted by Crippen LogP contribution is 2.40. The van der Waals surface area contributed by atoms with Gasteiger partial charge in [-0.1, -0.05) is 48.5 Å². The van der Waals surface area contributed by atoms with Gasteiger partial charge in [-0.25, -0.2) is 9.79 Å². The van der Waals surface area contributed by atoms with E-state index in [2.05, 4.69) is 4.99 Å². The summed E-state index contributed by atoms with van der Waals surface area (Å²) in [4.78, 5) is 29.0. The fraction of sp³-hybridized carbons (Fsp3) is 0.296. The lowest BCUT2D eigenvalue weighted by molar-refractivity contribution is -0.138. The molecule has 0 aliphatic carbocycles. The van der Waals surface area contributed by atoms with Crippen LogP contribution in [0, 0.1) is 0 Å². The van der Waals surface area contributed by atoms with Crippen LogP contribution in [0.25, 0.3) is 6.08 Å². The molecule has 0 aromatic heterocycles. The lowest BCUT2D eigenvalue weighted by Crippen LogP contribution is -2.14. The summed E-state index contributed by atoms with van der Waals surface area (Å²) >= 11 is 7.10. The highest BCUT2D eigenvalue weighted by molar-refractivity contribution is 8.18. The van der Waals surface area contributed by atoms with Crippen molar-refractivity contribution in [3.63, 3.8) is 0 Å². The molecule has 0 unspecified atom stereocenters. The minimum absolute atomic E-state index is 0.107. The van der Waals surface area contributed by atoms with Crippen LogP contribution in [0.2, 0.25) is 5.02 Å². The Balaban J connectivity index is 1.90. The highest BCUT2D eigenvalue weighted by Gasteiger charge is 2.33. The Morgan fingerprint density at radius 3 is 2.56 bits per heavy atom. The summed E-state index contributed by atoms with van der Waals surface area (Å²) in [6.07, 6.45) is 2.56. The molecule has 1 amide bonds. The Bertz CT molecular complexity index is 1220. The SMILES string of the molecule is CCCC(=O)N=C1S/C(=C\c2ccc(OCc3cccc(Cl)c3)c(OCC)c2)C(O)=C1C(=O)OCC. The number of halogens is 1. The molecule has 1 aliphatic heterocycles. The first-order valence-electron chi connectivity index (χ1n) is 11.6. The Hall–Kier alpha value is -3.23. The maximum atomic E-state index is 12.5. The minimum atomic E-state index is -0.728. The first-order valence-corrected chi connectivity index (χ1v) is 12.8. The molecule has 2 aromatic rings. The van der Waals surface area contributed by atoms with Crippen molar-refractivity contribution >= 4 is 46.4 Å². The van der Waals surface area contributed by atoms with Crippen molar-refractivity contribution in [2.45, 2.75) is 40.2 Å². The fourth-order valence-corrected chi connectivity index (χ4v) is 4.56. The molecule has 1 aliphatic rings. The van der Waals surface area contributed by atoms with Crippen molar-refractivity contribution in [1.82, 2.24) is 0 Å². The highest BCUT2D eigenvalue weighted by atomic mass is 35.5. The Morgan fingerprint density at radius 1 is 1.06 bits per heavy atom. The van der Waals surface area contributed by atoms with Gasteiger partial charge in [-0.2, -0.15) is 0 Å². The van der Waals surface area contributed by atoms with E-state index in [0.717, 1.165) is 17.3 Å². The number of aliphatic hydroxyl groups is 1. The summed E-state index contributed by atoms with van der Waals surface area (Å²) in [5.41, 5.74) is 1.51. The molecule has 190 valence electrons. The quantitative estimate of drug-likeness (QED) is 0.351. The largest absolute Gasteiger partial charge is 0.506 e. The predicted molar refractivity (Wildman–Crippen MR) is 143 cm³/mol. The van der Waals surface area contributed by atoms with E-state index in [1.165, 1.54) is 0 Å². The van der Waals surface area contributed by atoms with Gasteiger partial charge in [0.25, 0.3) is 0 Å². The second-order valence-corrected chi connectivity index (χ2v) is 9.14. The molecule has 0 fully saturated rings. The number of benzene rings is 2. The summed E-state index contributed by atoms with van der Waals surface area (Å²) in [5, 5.41) is 11.6. The van der Waals surface area contributed by atoms with Crippen molar-refractivity contribution in [2.75, 3.05) is 13.2 Å². The summed E-state index contributed by atoms with van der Waals surface area (Å²) in [6, 6.07) is 12.8. The lowest BCUT2D eigenvalue weighted by atomic mass is 10.1. The van der Waals surface area contributed by atoms with Gasteiger partial charge in [0.15, 0.2) is 11.5 Å². The van der Waals surface area contributed by atoms with Crippen LogP contribution < -0.4 is 9.47 Å². The van der Waals surface area contributed by atoms with Crippen LogP contribution in [0.3, 0.4) is 0 Å². The summed E-state index contributed by atoms with van der Waals surface area (Å²) < 4.78 is 16.8. The van der Waals surface area contributed by atoms with E-state index in [1.54, 1.807) is 37.3 Å². The molecule has 0 saturated heterocycles. The van der Waals surface area contributed by atoms with Crippen molar-refractivity contribution in [3.8, 4) is 11.5 Å². The van der Waals surface area contributed by atoms with Gasteiger partial charge in [0.05, 0.1) is 18.1 Å². The van der Waals surface area contributed by atoms with E-state index in [-0.39, 0.29) is 35.3 Å². The predicted octanol–water partition coefficient (Wildman–Crippen LogP) is 6.51. The zero-order valence-corrected chi connectivity index (χ0v) is 21.9. The van der Waals surface area contributed by atoms with E-state index in [9.17, 15) is 14.7 Å². The van der Waals surface area contributed by atoms with Crippen molar-refractivity contribution in [2.24, 2.45) is 4.99 Å². The zero-order chi connectivity index (χ0) is 26.1. The number of hydrogen-bond acceptors (Lipinski definition) is 7. The molecule has 0 bridgehead atoms. The average molecular weight is 530 g/mol. The first-order chi connectivity index (χ1) is 17.4. The average Bonchev–Trinajstić information content (AvgIpc) is 3.13. The number of aliphatic imine (C=N–C) groups is 1. The van der Waals surface area contributed by atoms with Crippen LogP contribution in [0.5, 0.6) is 11.5 Å². The van der Waals surface area contributed by atoms with E-state index in [4.69, 9.17) is 25.8 Å². The van der Waals surface area contributed by atoms with Crippen molar-refractivity contribution in [1.29, 1.82) is 0 Å². The first kappa shape index (κ1) is 27.4. The van der Waals surface area contributed by atoms with Crippen LogP contribution in [-0.4, -0.2) is 35.2 Å². The summed E-state index contributed by atoms with van der Waals surface area (Å²) in [7, 11) is 0. The summed E-state index contributed by atoms with van der Waals surface area (Å²) in [5.74, 6) is -0.291. The van der Waals surface area contributed by atoms with Crippen LogP contribution in [-0.2, 0) is 20.9 Å². The summed E-state index contributed by atoms with van der Waals surface area (Å²) in [6.45, 7) is 6.27.